The number of para-hydroxylation sites is 1. The number of aromatic hydroxyl groups is 2. The highest BCUT2D eigenvalue weighted by Crippen LogP contribution is 2.29. The highest BCUT2D eigenvalue weighted by molar-refractivity contribution is 5.40. The van der Waals surface area contributed by atoms with E-state index in [9.17, 15) is 10.2 Å². The Labute approximate surface area is 93.2 Å². The number of phenolic OH excluding ortho intramolecular Hbond substituents is 2. The average molecular weight is 216 g/mol. The second-order valence-corrected chi connectivity index (χ2v) is 3.55. The van der Waals surface area contributed by atoms with Crippen molar-refractivity contribution in [3.8, 4) is 11.5 Å². The molecule has 0 aliphatic heterocycles. The number of benzene rings is 2. The minimum atomic E-state index is -0.887. The molecule has 0 saturated heterocycles. The number of phenols is 2. The molecule has 2 aromatic rings. The normalized spacial score (nSPS) is 12.3. The lowest BCUT2D eigenvalue weighted by molar-refractivity contribution is 0.215. The Kier molecular flexibility index (Phi) is 2.79. The molecular formula is C13H12O3. The fourth-order valence-corrected chi connectivity index (χ4v) is 1.55. The third-order valence-electron chi connectivity index (χ3n) is 2.44. The van der Waals surface area contributed by atoms with Gasteiger partial charge in [0.05, 0.1) is 0 Å². The van der Waals surface area contributed by atoms with Gasteiger partial charge < -0.3 is 15.3 Å². The van der Waals surface area contributed by atoms with Gasteiger partial charge in [0, 0.05) is 5.56 Å². The van der Waals surface area contributed by atoms with Crippen molar-refractivity contribution in [1.29, 1.82) is 0 Å². The van der Waals surface area contributed by atoms with E-state index in [1.807, 2.05) is 0 Å². The van der Waals surface area contributed by atoms with Crippen LogP contribution in [-0.2, 0) is 0 Å². The summed E-state index contributed by atoms with van der Waals surface area (Å²) in [4.78, 5) is 0. The molecule has 3 nitrogen and oxygen atoms in total. The first-order chi connectivity index (χ1) is 7.68. The molecule has 0 radical (unpaired) electrons. The number of aliphatic hydroxyl groups is 1. The van der Waals surface area contributed by atoms with Gasteiger partial charge in [0.25, 0.3) is 0 Å². The monoisotopic (exact) mass is 216 g/mol. The summed E-state index contributed by atoms with van der Waals surface area (Å²) in [5, 5.41) is 28.7. The molecule has 2 rings (SSSR count). The molecule has 0 aliphatic rings. The summed E-state index contributed by atoms with van der Waals surface area (Å²) in [6, 6.07) is 12.9. The van der Waals surface area contributed by atoms with Crippen LogP contribution >= 0.6 is 0 Å². The van der Waals surface area contributed by atoms with Crippen molar-refractivity contribution >= 4 is 0 Å². The van der Waals surface area contributed by atoms with E-state index in [4.69, 9.17) is 5.11 Å². The summed E-state index contributed by atoms with van der Waals surface area (Å²) in [5.41, 5.74) is 1.08. The van der Waals surface area contributed by atoms with Crippen molar-refractivity contribution in [2.45, 2.75) is 6.10 Å². The summed E-state index contributed by atoms with van der Waals surface area (Å²) in [6.07, 6.45) is -0.887. The molecule has 0 saturated carbocycles. The summed E-state index contributed by atoms with van der Waals surface area (Å²) in [7, 11) is 0. The van der Waals surface area contributed by atoms with Gasteiger partial charge in [-0.25, -0.2) is 0 Å². The van der Waals surface area contributed by atoms with Crippen LogP contribution in [0.4, 0.5) is 0 Å². The Morgan fingerprint density at radius 3 is 2.06 bits per heavy atom. The lowest BCUT2D eigenvalue weighted by atomic mass is 10.0. The molecule has 1 unspecified atom stereocenters. The van der Waals surface area contributed by atoms with E-state index >= 15 is 0 Å². The first kappa shape index (κ1) is 10.5. The highest BCUT2D eigenvalue weighted by Gasteiger charge is 2.13. The molecule has 0 amide bonds. The van der Waals surface area contributed by atoms with E-state index in [2.05, 4.69) is 0 Å². The van der Waals surface area contributed by atoms with Crippen molar-refractivity contribution < 1.29 is 15.3 Å². The Morgan fingerprint density at radius 2 is 1.44 bits per heavy atom. The van der Waals surface area contributed by atoms with Crippen LogP contribution in [0.3, 0.4) is 0 Å². The van der Waals surface area contributed by atoms with Gasteiger partial charge in [-0.2, -0.15) is 0 Å². The summed E-state index contributed by atoms with van der Waals surface area (Å²) >= 11 is 0. The Bertz CT molecular complexity index is 477. The zero-order valence-corrected chi connectivity index (χ0v) is 8.54. The van der Waals surface area contributed by atoms with E-state index in [-0.39, 0.29) is 11.5 Å². The zero-order chi connectivity index (χ0) is 11.5. The van der Waals surface area contributed by atoms with Crippen LogP contribution in [0.2, 0.25) is 0 Å². The number of rotatable bonds is 2. The van der Waals surface area contributed by atoms with Crippen LogP contribution in [-0.4, -0.2) is 15.3 Å². The summed E-state index contributed by atoms with van der Waals surface area (Å²) < 4.78 is 0. The first-order valence-electron chi connectivity index (χ1n) is 4.93. The lowest BCUT2D eigenvalue weighted by Crippen LogP contribution is -1.99. The largest absolute Gasteiger partial charge is 0.508 e. The minimum Gasteiger partial charge on any atom is -0.508 e. The Morgan fingerprint density at radius 1 is 0.812 bits per heavy atom. The third-order valence-corrected chi connectivity index (χ3v) is 2.44. The predicted octanol–water partition coefficient (Wildman–Crippen LogP) is 2.18. The van der Waals surface area contributed by atoms with E-state index < -0.39 is 6.10 Å². The molecule has 82 valence electrons. The number of hydrogen-bond donors (Lipinski definition) is 3. The maximum Gasteiger partial charge on any atom is 0.121 e. The molecule has 0 fully saturated rings. The smallest absolute Gasteiger partial charge is 0.121 e. The summed E-state index contributed by atoms with van der Waals surface area (Å²) in [6.45, 7) is 0. The van der Waals surface area contributed by atoms with E-state index in [1.54, 1.807) is 30.3 Å². The quantitative estimate of drug-likeness (QED) is 0.721. The maximum absolute atomic E-state index is 10.0. The lowest BCUT2D eigenvalue weighted by Gasteiger charge is -2.12. The highest BCUT2D eigenvalue weighted by atomic mass is 16.3. The van der Waals surface area contributed by atoms with Crippen molar-refractivity contribution in [3.05, 3.63) is 59.7 Å². The Balaban J connectivity index is 2.35. The second-order valence-electron chi connectivity index (χ2n) is 3.55. The number of aliphatic hydroxyl groups excluding tert-OH is 1. The van der Waals surface area contributed by atoms with Crippen LogP contribution in [0.1, 0.15) is 17.2 Å². The minimum absolute atomic E-state index is 0.0584. The molecule has 0 aliphatic carbocycles. The van der Waals surface area contributed by atoms with Gasteiger partial charge in [0.2, 0.25) is 0 Å². The van der Waals surface area contributed by atoms with Crippen molar-refractivity contribution in [2.75, 3.05) is 0 Å². The van der Waals surface area contributed by atoms with Gasteiger partial charge >= 0.3 is 0 Å². The zero-order valence-electron chi connectivity index (χ0n) is 8.54. The van der Waals surface area contributed by atoms with Gasteiger partial charge in [-0.1, -0.05) is 30.3 Å². The second kappa shape index (κ2) is 4.24. The van der Waals surface area contributed by atoms with Gasteiger partial charge in [0.15, 0.2) is 0 Å². The van der Waals surface area contributed by atoms with Crippen molar-refractivity contribution in [3.63, 3.8) is 0 Å². The predicted molar refractivity (Wildman–Crippen MR) is 60.3 cm³/mol. The molecule has 0 aromatic heterocycles. The SMILES string of the molecule is Oc1ccc(C(O)c2ccccc2O)cc1. The number of hydrogen-bond acceptors (Lipinski definition) is 3. The molecule has 2 aromatic carbocycles. The van der Waals surface area contributed by atoms with Crippen LogP contribution < -0.4 is 0 Å². The third kappa shape index (κ3) is 1.99. The topological polar surface area (TPSA) is 60.7 Å². The molecule has 0 spiro atoms. The maximum atomic E-state index is 10.0. The van der Waals surface area contributed by atoms with Crippen molar-refractivity contribution in [1.82, 2.24) is 0 Å². The van der Waals surface area contributed by atoms with Gasteiger partial charge in [0.1, 0.15) is 17.6 Å². The van der Waals surface area contributed by atoms with E-state index in [0.717, 1.165) is 0 Å². The molecule has 1 atom stereocenters. The van der Waals surface area contributed by atoms with Crippen molar-refractivity contribution in [2.24, 2.45) is 0 Å². The van der Waals surface area contributed by atoms with Crippen LogP contribution in [0.25, 0.3) is 0 Å². The molecule has 0 bridgehead atoms. The average Bonchev–Trinajstić information content (AvgIpc) is 2.30. The molecule has 16 heavy (non-hydrogen) atoms. The molecule has 3 heteroatoms. The molecule has 0 heterocycles. The van der Waals surface area contributed by atoms with Crippen LogP contribution in [0, 0.1) is 0 Å². The van der Waals surface area contributed by atoms with E-state index in [0.29, 0.717) is 11.1 Å². The van der Waals surface area contributed by atoms with Crippen LogP contribution in [0.15, 0.2) is 48.5 Å². The van der Waals surface area contributed by atoms with Crippen LogP contribution in [0.5, 0.6) is 11.5 Å². The first-order valence-corrected chi connectivity index (χ1v) is 4.93. The Hall–Kier alpha value is -2.00. The fraction of sp³-hybridized carbons (Fsp3) is 0.0769. The van der Waals surface area contributed by atoms with Gasteiger partial charge in [-0.3, -0.25) is 0 Å². The molecule has 3 N–H and O–H groups in total. The standard InChI is InChI=1S/C13H12O3/c14-10-7-5-9(6-8-10)13(16)11-3-1-2-4-12(11)15/h1-8,13-16H. The summed E-state index contributed by atoms with van der Waals surface area (Å²) in [5.74, 6) is 0.205. The molecular weight excluding hydrogens is 204 g/mol. The van der Waals surface area contributed by atoms with Gasteiger partial charge in [-0.15, -0.1) is 0 Å². The van der Waals surface area contributed by atoms with E-state index in [1.165, 1.54) is 18.2 Å². The van der Waals surface area contributed by atoms with Gasteiger partial charge in [-0.05, 0) is 23.8 Å². The fourth-order valence-electron chi connectivity index (χ4n) is 1.55.